The molecule has 0 radical (unpaired) electrons. The zero-order chi connectivity index (χ0) is 69.6. The highest BCUT2D eigenvalue weighted by atomic mass is 31.2. The van der Waals surface area contributed by atoms with E-state index < -0.39 is 97.5 Å². The van der Waals surface area contributed by atoms with Crippen molar-refractivity contribution >= 4 is 39.5 Å². The monoisotopic (exact) mass is 1380 g/mol. The van der Waals surface area contributed by atoms with Crippen LogP contribution in [-0.4, -0.2) is 96.7 Å². The molecule has 0 aliphatic rings. The molecular weight excluding hydrogens is 1230 g/mol. The third-order valence-corrected chi connectivity index (χ3v) is 19.2. The molecule has 0 aliphatic heterocycles. The van der Waals surface area contributed by atoms with Gasteiger partial charge in [-0.1, -0.05) is 325 Å². The lowest BCUT2D eigenvalue weighted by Gasteiger charge is -2.21. The van der Waals surface area contributed by atoms with Gasteiger partial charge in [0.15, 0.2) is 12.2 Å². The molecule has 5 atom stereocenters. The number of hydrogen-bond donors (Lipinski definition) is 3. The van der Waals surface area contributed by atoms with Crippen LogP contribution in [0.15, 0.2) is 0 Å². The van der Waals surface area contributed by atoms with Crippen molar-refractivity contribution in [2.45, 2.75) is 395 Å². The Bertz CT molecular complexity index is 1850. The number of esters is 4. The predicted octanol–water partition coefficient (Wildman–Crippen LogP) is 21.7. The first kappa shape index (κ1) is 92.1. The number of unbranched alkanes of at least 4 members (excludes halogenated alkanes) is 38. The second-order valence-corrected chi connectivity index (χ2v) is 31.9. The number of phosphoric acid groups is 2. The van der Waals surface area contributed by atoms with Gasteiger partial charge in [0.25, 0.3) is 0 Å². The SMILES string of the molecule is CC(C)CCCCCCCCCCCCCCCCCCCCC(=O)OC[C@H](COP(=O)(O)OC[C@@H](O)COP(=O)(O)OC[C@@H](COC(=O)CCCCCCCCC(C)C)OC(=O)CCCCCCCCCC(C)C)OC(=O)CCCCCCCCCCCCCC(C)C. The Morgan fingerprint density at radius 1 is 0.266 bits per heavy atom. The fourth-order valence-corrected chi connectivity index (χ4v) is 13.0. The van der Waals surface area contributed by atoms with Gasteiger partial charge in [-0.2, -0.15) is 0 Å². The molecule has 0 aromatic carbocycles. The summed E-state index contributed by atoms with van der Waals surface area (Å²) < 4.78 is 68.4. The van der Waals surface area contributed by atoms with Gasteiger partial charge in [0.1, 0.15) is 19.3 Å². The molecule has 0 heterocycles. The van der Waals surface area contributed by atoms with E-state index in [-0.39, 0.29) is 25.7 Å². The molecule has 0 saturated carbocycles. The largest absolute Gasteiger partial charge is 0.472 e. The molecule has 0 bridgehead atoms. The summed E-state index contributed by atoms with van der Waals surface area (Å²) in [5, 5.41) is 10.6. The van der Waals surface area contributed by atoms with Crippen molar-refractivity contribution in [3.8, 4) is 0 Å². The zero-order valence-electron chi connectivity index (χ0n) is 61.6. The summed E-state index contributed by atoms with van der Waals surface area (Å²) in [4.78, 5) is 72.6. The molecule has 0 spiro atoms. The molecule has 0 rings (SSSR count). The number of phosphoric ester groups is 2. The first-order chi connectivity index (χ1) is 45.1. The van der Waals surface area contributed by atoms with Gasteiger partial charge in [-0.05, 0) is 49.4 Å². The number of hydrogen-bond acceptors (Lipinski definition) is 15. The normalized spacial score (nSPS) is 14.2. The van der Waals surface area contributed by atoms with Gasteiger partial charge < -0.3 is 33.8 Å². The molecule has 0 saturated heterocycles. The maximum absolute atomic E-state index is 13.1. The summed E-state index contributed by atoms with van der Waals surface area (Å²) in [6.45, 7) is 14.1. The van der Waals surface area contributed by atoms with Gasteiger partial charge in [-0.25, -0.2) is 9.13 Å². The number of aliphatic hydroxyl groups is 1. The number of ether oxygens (including phenoxy) is 4. The molecule has 0 aromatic rings. The summed E-state index contributed by atoms with van der Waals surface area (Å²) in [6.07, 6.45) is 49.0. The number of carbonyl (C=O) groups is 4. The van der Waals surface area contributed by atoms with E-state index in [1.165, 1.54) is 173 Å². The second kappa shape index (κ2) is 64.4. The highest BCUT2D eigenvalue weighted by Crippen LogP contribution is 2.45. The molecule has 94 heavy (non-hydrogen) atoms. The van der Waals surface area contributed by atoms with Crippen LogP contribution in [-0.2, 0) is 65.4 Å². The predicted molar refractivity (Wildman–Crippen MR) is 381 cm³/mol. The maximum Gasteiger partial charge on any atom is 0.472 e. The third-order valence-electron chi connectivity index (χ3n) is 17.3. The van der Waals surface area contributed by atoms with Crippen LogP contribution in [0.5, 0.6) is 0 Å². The van der Waals surface area contributed by atoms with E-state index in [4.69, 9.17) is 37.0 Å². The van der Waals surface area contributed by atoms with Crippen molar-refractivity contribution in [2.75, 3.05) is 39.6 Å². The lowest BCUT2D eigenvalue weighted by atomic mass is 10.0. The number of carbonyl (C=O) groups excluding carboxylic acids is 4. The van der Waals surface area contributed by atoms with Gasteiger partial charge in [-0.15, -0.1) is 0 Å². The minimum atomic E-state index is -4.96. The molecule has 19 heteroatoms. The Morgan fingerprint density at radius 2 is 0.447 bits per heavy atom. The van der Waals surface area contributed by atoms with Crippen molar-refractivity contribution in [1.29, 1.82) is 0 Å². The van der Waals surface area contributed by atoms with Crippen LogP contribution in [0.4, 0.5) is 0 Å². The van der Waals surface area contributed by atoms with E-state index >= 15 is 0 Å². The summed E-state index contributed by atoms with van der Waals surface area (Å²) in [5.41, 5.74) is 0. The molecule has 2 unspecified atom stereocenters. The fourth-order valence-electron chi connectivity index (χ4n) is 11.4. The summed E-state index contributed by atoms with van der Waals surface area (Å²) in [6, 6.07) is 0. The van der Waals surface area contributed by atoms with Gasteiger partial charge in [0, 0.05) is 25.7 Å². The van der Waals surface area contributed by atoms with Gasteiger partial charge in [0.05, 0.1) is 26.4 Å². The summed E-state index contributed by atoms with van der Waals surface area (Å²) in [7, 11) is -9.91. The van der Waals surface area contributed by atoms with Gasteiger partial charge in [-0.3, -0.25) is 37.3 Å². The molecule has 0 aromatic heterocycles. The Hall–Kier alpha value is -1.94. The van der Waals surface area contributed by atoms with E-state index in [1.54, 1.807) is 0 Å². The van der Waals surface area contributed by atoms with Crippen LogP contribution >= 0.6 is 15.6 Å². The van der Waals surface area contributed by atoms with Crippen molar-refractivity contribution < 1.29 is 80.2 Å². The summed E-state index contributed by atoms with van der Waals surface area (Å²) in [5.74, 6) is 0.836. The molecule has 0 fully saturated rings. The van der Waals surface area contributed by atoms with Crippen LogP contribution in [0, 0.1) is 23.7 Å². The quantitative estimate of drug-likeness (QED) is 0.0222. The molecule has 558 valence electrons. The highest BCUT2D eigenvalue weighted by molar-refractivity contribution is 7.47. The van der Waals surface area contributed by atoms with E-state index in [0.717, 1.165) is 108 Å². The molecule has 3 N–H and O–H groups in total. The van der Waals surface area contributed by atoms with E-state index in [1.807, 2.05) is 0 Å². The van der Waals surface area contributed by atoms with E-state index in [2.05, 4.69) is 55.4 Å². The fraction of sp³-hybridized carbons (Fsp3) is 0.947. The first-order valence-corrected chi connectivity index (χ1v) is 41.7. The Morgan fingerprint density at radius 3 is 0.660 bits per heavy atom. The minimum Gasteiger partial charge on any atom is -0.462 e. The van der Waals surface area contributed by atoms with Gasteiger partial charge >= 0.3 is 39.5 Å². The standard InChI is InChI=1S/C75H146O17P2/c1-65(2)51-43-35-27-22-18-15-13-11-9-10-12-14-16-20-24-30-39-47-55-72(77)85-61-70(91-74(79)57-49-41-31-25-21-17-19-23-28-36-44-52-66(3)4)63-89-93(81,82)87-59-69(76)60-88-94(83,84)90-64-71(62-86-73(78)56-48-40-34-33-38-46-54-68(7)8)92-75(80)58-50-42-32-26-29-37-45-53-67(5)6/h65-71,76H,9-64H2,1-8H3,(H,81,82)(H,83,84)/t69-,70-,71-/m1/s1. The zero-order valence-corrected chi connectivity index (χ0v) is 63.4. The smallest absolute Gasteiger partial charge is 0.462 e. The average molecular weight is 1380 g/mol. The van der Waals surface area contributed by atoms with E-state index in [9.17, 15) is 43.2 Å². The Labute approximate surface area is 575 Å². The highest BCUT2D eigenvalue weighted by Gasteiger charge is 2.30. The Balaban J connectivity index is 5.17. The number of aliphatic hydroxyl groups excluding tert-OH is 1. The minimum absolute atomic E-state index is 0.102. The number of rotatable bonds is 72. The van der Waals surface area contributed by atoms with Crippen molar-refractivity contribution in [3.05, 3.63) is 0 Å². The second-order valence-electron chi connectivity index (χ2n) is 28.9. The van der Waals surface area contributed by atoms with Crippen LogP contribution in [0.1, 0.15) is 376 Å². The topological polar surface area (TPSA) is 237 Å². The average Bonchev–Trinajstić information content (AvgIpc) is 1.25. The third kappa shape index (κ3) is 68.6. The molecule has 0 amide bonds. The lowest BCUT2D eigenvalue weighted by molar-refractivity contribution is -0.161. The maximum atomic E-state index is 13.1. The molecule has 17 nitrogen and oxygen atoms in total. The van der Waals surface area contributed by atoms with Crippen LogP contribution in [0.2, 0.25) is 0 Å². The van der Waals surface area contributed by atoms with Gasteiger partial charge in [0.2, 0.25) is 0 Å². The summed E-state index contributed by atoms with van der Waals surface area (Å²) >= 11 is 0. The van der Waals surface area contributed by atoms with Crippen molar-refractivity contribution in [3.63, 3.8) is 0 Å². The van der Waals surface area contributed by atoms with Crippen molar-refractivity contribution in [1.82, 2.24) is 0 Å². The first-order valence-electron chi connectivity index (χ1n) is 38.7. The van der Waals surface area contributed by atoms with Crippen LogP contribution in [0.25, 0.3) is 0 Å². The van der Waals surface area contributed by atoms with Crippen LogP contribution in [0.3, 0.4) is 0 Å². The van der Waals surface area contributed by atoms with Crippen LogP contribution < -0.4 is 0 Å². The lowest BCUT2D eigenvalue weighted by Crippen LogP contribution is -2.30. The molecular formula is C75H146O17P2. The van der Waals surface area contributed by atoms with E-state index in [0.29, 0.717) is 37.5 Å². The van der Waals surface area contributed by atoms with Crippen molar-refractivity contribution in [2.24, 2.45) is 23.7 Å². The Kier molecular flexibility index (Phi) is 63.1. The molecule has 0 aliphatic carbocycles.